The number of ether oxygens (including phenoxy) is 1. The number of halogens is 1. The minimum Gasteiger partial charge on any atom is -0.376 e. The van der Waals surface area contributed by atoms with Crippen molar-refractivity contribution in [3.63, 3.8) is 0 Å². The van der Waals surface area contributed by atoms with Gasteiger partial charge < -0.3 is 4.74 Å². The number of morpholine rings is 1. The number of hydrogen-bond acceptors (Lipinski definition) is 3. The van der Waals surface area contributed by atoms with E-state index < -0.39 is 9.24 Å². The predicted octanol–water partition coefficient (Wildman–Crippen LogP) is 0.191. The molecule has 1 heterocycles. The van der Waals surface area contributed by atoms with Gasteiger partial charge in [-0.1, -0.05) is 0 Å². The topological polar surface area (TPSA) is 46.6 Å². The Hall–Kier alpha value is 0.160. The van der Waals surface area contributed by atoms with Gasteiger partial charge in [0.15, 0.2) is 0 Å². The molecule has 66 valence electrons. The van der Waals surface area contributed by atoms with Crippen molar-refractivity contribution in [3.05, 3.63) is 0 Å². The van der Waals surface area contributed by atoms with Crippen LogP contribution in [0.15, 0.2) is 0 Å². The molecule has 0 spiro atoms. The zero-order valence-corrected chi connectivity index (χ0v) is 7.73. The molecule has 0 N–H and O–H groups in total. The summed E-state index contributed by atoms with van der Waals surface area (Å²) in [5.41, 5.74) is 0. The third-order valence-corrected chi connectivity index (χ3v) is 3.05. The van der Waals surface area contributed by atoms with Gasteiger partial charge in [-0.25, -0.2) is 0 Å². The molecule has 1 saturated heterocycles. The molecule has 0 aromatic rings. The molecule has 1 rings (SSSR count). The van der Waals surface area contributed by atoms with E-state index in [1.807, 2.05) is 6.92 Å². The van der Waals surface area contributed by atoms with Crippen molar-refractivity contribution in [1.82, 2.24) is 4.31 Å². The fourth-order valence-corrected chi connectivity index (χ4v) is 2.04. The van der Waals surface area contributed by atoms with E-state index in [0.717, 1.165) is 0 Å². The van der Waals surface area contributed by atoms with Crippen LogP contribution >= 0.6 is 10.7 Å². The summed E-state index contributed by atoms with van der Waals surface area (Å²) in [5, 5.41) is 0. The first kappa shape index (κ1) is 9.25. The van der Waals surface area contributed by atoms with Gasteiger partial charge in [-0.3, -0.25) is 0 Å². The largest absolute Gasteiger partial charge is 0.376 e. The summed E-state index contributed by atoms with van der Waals surface area (Å²) in [6, 6.07) is 0. The SMILES string of the molecule is CC1CN(S(=O)(=O)Cl)CCO1. The second kappa shape index (κ2) is 3.26. The first-order chi connectivity index (χ1) is 5.00. The van der Waals surface area contributed by atoms with Crippen LogP contribution in [0.5, 0.6) is 0 Å². The minimum absolute atomic E-state index is 0.0581. The van der Waals surface area contributed by atoms with E-state index in [-0.39, 0.29) is 6.10 Å². The first-order valence-electron chi connectivity index (χ1n) is 3.31. The lowest BCUT2D eigenvalue weighted by Gasteiger charge is -2.27. The minimum atomic E-state index is -3.53. The molecule has 0 aliphatic carbocycles. The second-order valence-electron chi connectivity index (χ2n) is 2.48. The van der Waals surface area contributed by atoms with Crippen LogP contribution in [0.25, 0.3) is 0 Å². The van der Waals surface area contributed by atoms with E-state index >= 15 is 0 Å². The van der Waals surface area contributed by atoms with E-state index in [1.165, 1.54) is 4.31 Å². The molecule has 0 aromatic carbocycles. The van der Waals surface area contributed by atoms with Crippen LogP contribution in [0.2, 0.25) is 0 Å². The lowest BCUT2D eigenvalue weighted by atomic mass is 10.3. The highest BCUT2D eigenvalue weighted by molar-refractivity contribution is 8.11. The maximum Gasteiger partial charge on any atom is 0.299 e. The van der Waals surface area contributed by atoms with Crippen molar-refractivity contribution in [2.75, 3.05) is 19.7 Å². The third-order valence-electron chi connectivity index (χ3n) is 1.51. The van der Waals surface area contributed by atoms with Gasteiger partial charge in [-0.15, -0.1) is 0 Å². The standard InChI is InChI=1S/C5H10ClNO3S/c1-5-4-7(2-3-10-5)11(6,8)9/h5H,2-4H2,1H3. The van der Waals surface area contributed by atoms with Crippen LogP contribution in [-0.2, 0) is 14.0 Å². The molecule has 6 heteroatoms. The van der Waals surface area contributed by atoms with E-state index in [1.54, 1.807) is 0 Å². The maximum atomic E-state index is 10.8. The average Bonchev–Trinajstić information content (AvgIpc) is 1.86. The molecule has 1 aliphatic heterocycles. The molecule has 0 bridgehead atoms. The molecule has 1 aliphatic rings. The van der Waals surface area contributed by atoms with Crippen LogP contribution in [0.3, 0.4) is 0 Å². The Bertz CT molecular complexity index is 228. The van der Waals surface area contributed by atoms with E-state index in [0.29, 0.717) is 19.7 Å². The van der Waals surface area contributed by atoms with Crippen LogP contribution in [0.1, 0.15) is 6.92 Å². The molecule has 1 unspecified atom stereocenters. The highest BCUT2D eigenvalue weighted by atomic mass is 35.7. The van der Waals surface area contributed by atoms with Crippen molar-refractivity contribution in [2.45, 2.75) is 13.0 Å². The highest BCUT2D eigenvalue weighted by Crippen LogP contribution is 2.12. The van der Waals surface area contributed by atoms with Gasteiger partial charge in [-0.2, -0.15) is 12.7 Å². The van der Waals surface area contributed by atoms with Crippen LogP contribution in [0, 0.1) is 0 Å². The van der Waals surface area contributed by atoms with Crippen LogP contribution in [-0.4, -0.2) is 38.5 Å². The van der Waals surface area contributed by atoms with Gasteiger partial charge in [0.2, 0.25) is 0 Å². The normalized spacial score (nSPS) is 28.7. The Morgan fingerprint density at radius 1 is 1.64 bits per heavy atom. The number of nitrogens with zero attached hydrogens (tertiary/aromatic N) is 1. The van der Waals surface area contributed by atoms with Gasteiger partial charge in [0.25, 0.3) is 9.24 Å². The van der Waals surface area contributed by atoms with Crippen molar-refractivity contribution in [2.24, 2.45) is 0 Å². The zero-order chi connectivity index (χ0) is 8.48. The lowest BCUT2D eigenvalue weighted by molar-refractivity contribution is 0.0109. The van der Waals surface area contributed by atoms with Gasteiger partial charge in [0.05, 0.1) is 12.7 Å². The van der Waals surface area contributed by atoms with E-state index in [9.17, 15) is 8.42 Å². The van der Waals surface area contributed by atoms with Gasteiger partial charge in [-0.05, 0) is 6.92 Å². The molecule has 0 saturated carbocycles. The number of rotatable bonds is 1. The lowest BCUT2D eigenvalue weighted by Crippen LogP contribution is -2.42. The molecular formula is C5H10ClNO3S. The summed E-state index contributed by atoms with van der Waals surface area (Å²) in [6.45, 7) is 2.95. The monoisotopic (exact) mass is 199 g/mol. The summed E-state index contributed by atoms with van der Waals surface area (Å²) in [4.78, 5) is 0. The van der Waals surface area contributed by atoms with Crippen molar-refractivity contribution in [1.29, 1.82) is 0 Å². The third kappa shape index (κ3) is 2.59. The van der Waals surface area contributed by atoms with Gasteiger partial charge >= 0.3 is 0 Å². The molecule has 1 fully saturated rings. The fraction of sp³-hybridized carbons (Fsp3) is 1.00. The molecule has 4 nitrogen and oxygen atoms in total. The Morgan fingerprint density at radius 2 is 2.27 bits per heavy atom. The average molecular weight is 200 g/mol. The van der Waals surface area contributed by atoms with Gasteiger partial charge in [0, 0.05) is 23.8 Å². The van der Waals surface area contributed by atoms with E-state index in [2.05, 4.69) is 0 Å². The summed E-state index contributed by atoms with van der Waals surface area (Å²) >= 11 is 0. The molecule has 11 heavy (non-hydrogen) atoms. The molecular weight excluding hydrogens is 190 g/mol. The number of hydrogen-bond donors (Lipinski definition) is 0. The smallest absolute Gasteiger partial charge is 0.299 e. The summed E-state index contributed by atoms with van der Waals surface area (Å²) in [5.74, 6) is 0. The molecule has 0 radical (unpaired) electrons. The van der Waals surface area contributed by atoms with Crippen molar-refractivity contribution >= 4 is 19.9 Å². The molecule has 1 atom stereocenters. The van der Waals surface area contributed by atoms with Gasteiger partial charge in [0.1, 0.15) is 0 Å². The summed E-state index contributed by atoms with van der Waals surface area (Å²) in [6.07, 6.45) is -0.0581. The zero-order valence-electron chi connectivity index (χ0n) is 6.16. The Labute approximate surface area is 70.6 Å². The second-order valence-corrected chi connectivity index (χ2v) is 4.99. The Balaban J connectivity index is 2.60. The predicted molar refractivity (Wildman–Crippen MR) is 41.8 cm³/mol. The Morgan fingerprint density at radius 3 is 2.64 bits per heavy atom. The highest BCUT2D eigenvalue weighted by Gasteiger charge is 2.25. The first-order valence-corrected chi connectivity index (χ1v) is 5.58. The molecule has 0 amide bonds. The maximum absolute atomic E-state index is 10.8. The van der Waals surface area contributed by atoms with Crippen molar-refractivity contribution < 1.29 is 13.2 Å². The fourth-order valence-electron chi connectivity index (χ4n) is 0.985. The van der Waals surface area contributed by atoms with Crippen LogP contribution in [0.4, 0.5) is 0 Å². The van der Waals surface area contributed by atoms with E-state index in [4.69, 9.17) is 15.4 Å². The quantitative estimate of drug-likeness (QED) is 0.567. The summed E-state index contributed by atoms with van der Waals surface area (Å²) in [7, 11) is 1.59. The molecule has 0 aromatic heterocycles. The summed E-state index contributed by atoms with van der Waals surface area (Å²) < 4.78 is 27.9. The van der Waals surface area contributed by atoms with Crippen LogP contribution < -0.4 is 0 Å². The Kier molecular flexibility index (Phi) is 2.74. The van der Waals surface area contributed by atoms with Crippen molar-refractivity contribution in [3.8, 4) is 0 Å².